The second-order valence-electron chi connectivity index (χ2n) is 6.52. The topological polar surface area (TPSA) is 114 Å². The van der Waals surface area contributed by atoms with Crippen molar-refractivity contribution in [1.82, 2.24) is 14.8 Å². The zero-order valence-corrected chi connectivity index (χ0v) is 15.3. The smallest absolute Gasteiger partial charge is 0.362 e. The van der Waals surface area contributed by atoms with E-state index in [1.54, 1.807) is 6.07 Å². The minimum Gasteiger partial charge on any atom is -0.362 e. The third-order valence-electron chi connectivity index (χ3n) is 4.66. The Morgan fingerprint density at radius 1 is 1.34 bits per heavy atom. The Kier molecular flexibility index (Phi) is 4.91. The number of aryl methyl sites for hydroxylation is 1. The number of carbonyl (C=O) groups excluding carboxylic acids is 1. The van der Waals surface area contributed by atoms with Crippen molar-refractivity contribution in [2.45, 2.75) is 38.7 Å². The molecule has 0 spiro atoms. The first-order chi connectivity index (χ1) is 13.5. The van der Waals surface area contributed by atoms with E-state index in [1.807, 2.05) is 0 Å². The number of hydrazone groups is 1. The Morgan fingerprint density at radius 2 is 2.00 bits per heavy atom. The van der Waals surface area contributed by atoms with Gasteiger partial charge in [-0.3, -0.25) is 19.6 Å². The number of alkyl halides is 3. The molecule has 0 fully saturated rings. The normalized spacial score (nSPS) is 19.0. The summed E-state index contributed by atoms with van der Waals surface area (Å²) in [5.41, 5.74) is -3.07. The van der Waals surface area contributed by atoms with Crippen molar-refractivity contribution in [3.05, 3.63) is 56.9 Å². The molecule has 2 aromatic rings. The second-order valence-corrected chi connectivity index (χ2v) is 6.52. The van der Waals surface area contributed by atoms with Crippen LogP contribution in [0.3, 0.4) is 0 Å². The first-order valence-electron chi connectivity index (χ1n) is 8.39. The van der Waals surface area contributed by atoms with Crippen molar-refractivity contribution >= 4 is 17.8 Å². The molecule has 1 unspecified atom stereocenters. The van der Waals surface area contributed by atoms with Crippen molar-refractivity contribution in [2.24, 2.45) is 5.10 Å². The molecule has 1 atom stereocenters. The van der Waals surface area contributed by atoms with Gasteiger partial charge in [-0.25, -0.2) is 0 Å². The maximum absolute atomic E-state index is 13.3. The molecule has 0 aliphatic carbocycles. The Morgan fingerprint density at radius 3 is 2.59 bits per heavy atom. The van der Waals surface area contributed by atoms with Crippen LogP contribution in [0.25, 0.3) is 0 Å². The zero-order chi connectivity index (χ0) is 21.6. The number of aromatic nitrogens is 2. The summed E-state index contributed by atoms with van der Waals surface area (Å²) in [5.74, 6) is -1.15. The first-order valence-corrected chi connectivity index (χ1v) is 8.39. The Hall–Kier alpha value is -3.28. The van der Waals surface area contributed by atoms with Crippen molar-refractivity contribution in [3.8, 4) is 0 Å². The average Bonchev–Trinajstić information content (AvgIpc) is 3.15. The van der Waals surface area contributed by atoms with Gasteiger partial charge in [-0.2, -0.15) is 28.4 Å². The second kappa shape index (κ2) is 6.95. The summed E-state index contributed by atoms with van der Waals surface area (Å²) in [5, 5.41) is 28.7. The van der Waals surface area contributed by atoms with Crippen LogP contribution >= 0.6 is 0 Å². The first kappa shape index (κ1) is 20.5. The maximum Gasteiger partial charge on any atom is 0.438 e. The van der Waals surface area contributed by atoms with E-state index in [0.717, 1.165) is 6.21 Å². The molecule has 1 aliphatic rings. The number of carbonyl (C=O) groups is 1. The van der Waals surface area contributed by atoms with Gasteiger partial charge >= 0.3 is 11.9 Å². The standard InChI is InChI=1S/C17H16F3N5O4/c1-10-14(25(28)29)11(2)23(22-10)9-12-5-3-4-6-13(12)15(26)24-16(27,7-8-21-24)17(18,19)20/h3-6,8,27H,7,9H2,1-2H3. The summed E-state index contributed by atoms with van der Waals surface area (Å²) in [7, 11) is 0. The fourth-order valence-electron chi connectivity index (χ4n) is 3.14. The minimum atomic E-state index is -5.11. The van der Waals surface area contributed by atoms with Gasteiger partial charge < -0.3 is 5.11 Å². The van der Waals surface area contributed by atoms with Crippen LogP contribution in [0, 0.1) is 24.0 Å². The Bertz CT molecular complexity index is 1020. The van der Waals surface area contributed by atoms with Crippen molar-refractivity contribution in [1.29, 1.82) is 0 Å². The molecule has 1 N–H and O–H groups in total. The van der Waals surface area contributed by atoms with Gasteiger partial charge in [-0.15, -0.1) is 0 Å². The quantitative estimate of drug-likeness (QED) is 0.614. The highest BCUT2D eigenvalue weighted by Crippen LogP contribution is 2.39. The molecule has 0 saturated heterocycles. The predicted octanol–water partition coefficient (Wildman–Crippen LogP) is 2.54. The molecular weight excluding hydrogens is 395 g/mol. The Labute approximate surface area is 162 Å². The molecule has 1 aromatic carbocycles. The van der Waals surface area contributed by atoms with Crippen LogP contribution < -0.4 is 0 Å². The molecule has 1 amide bonds. The van der Waals surface area contributed by atoms with Crippen LogP contribution in [0.2, 0.25) is 0 Å². The maximum atomic E-state index is 13.3. The summed E-state index contributed by atoms with van der Waals surface area (Å²) in [4.78, 5) is 23.4. The van der Waals surface area contributed by atoms with E-state index in [4.69, 9.17) is 0 Å². The molecule has 154 valence electrons. The number of benzene rings is 1. The Balaban J connectivity index is 1.99. The van der Waals surface area contributed by atoms with E-state index in [2.05, 4.69) is 10.2 Å². The van der Waals surface area contributed by atoms with Gasteiger partial charge in [0.2, 0.25) is 0 Å². The lowest BCUT2D eigenvalue weighted by atomic mass is 10.0. The molecule has 0 saturated carbocycles. The number of nitro groups is 1. The van der Waals surface area contributed by atoms with Gasteiger partial charge in [0, 0.05) is 18.2 Å². The van der Waals surface area contributed by atoms with Gasteiger partial charge in [0.15, 0.2) is 0 Å². The SMILES string of the molecule is Cc1nn(Cc2ccccc2C(=O)N2N=CCC2(O)C(F)(F)F)c(C)c1[N+](=O)[O-]. The van der Waals surface area contributed by atoms with Gasteiger partial charge in [0.1, 0.15) is 11.4 Å². The van der Waals surface area contributed by atoms with Crippen LogP contribution in [0.5, 0.6) is 0 Å². The number of hydrogen-bond acceptors (Lipinski definition) is 6. The highest BCUT2D eigenvalue weighted by atomic mass is 19.4. The lowest BCUT2D eigenvalue weighted by molar-refractivity contribution is -0.386. The summed E-state index contributed by atoms with van der Waals surface area (Å²) in [6.45, 7) is 2.85. The number of aliphatic hydroxyl groups is 1. The highest BCUT2D eigenvalue weighted by molar-refractivity contribution is 5.97. The summed E-state index contributed by atoms with van der Waals surface area (Å²) < 4.78 is 41.2. The molecular formula is C17H16F3N5O4. The van der Waals surface area contributed by atoms with Gasteiger partial charge in [0.05, 0.1) is 11.5 Å². The van der Waals surface area contributed by atoms with Crippen LogP contribution in [0.4, 0.5) is 18.9 Å². The molecule has 1 aliphatic heterocycles. The summed E-state index contributed by atoms with van der Waals surface area (Å²) >= 11 is 0. The van der Waals surface area contributed by atoms with E-state index in [9.17, 15) is 33.2 Å². The van der Waals surface area contributed by atoms with Crippen molar-refractivity contribution < 1.29 is 28.0 Å². The molecule has 29 heavy (non-hydrogen) atoms. The van der Waals surface area contributed by atoms with E-state index in [0.29, 0.717) is 0 Å². The molecule has 0 bridgehead atoms. The number of halogens is 3. The number of amides is 1. The van der Waals surface area contributed by atoms with Crippen LogP contribution in [-0.2, 0) is 6.54 Å². The monoisotopic (exact) mass is 411 g/mol. The largest absolute Gasteiger partial charge is 0.438 e. The zero-order valence-electron chi connectivity index (χ0n) is 15.3. The van der Waals surface area contributed by atoms with E-state index >= 15 is 0 Å². The molecule has 12 heteroatoms. The van der Waals surface area contributed by atoms with E-state index in [-0.39, 0.29) is 39.8 Å². The lowest BCUT2D eigenvalue weighted by Gasteiger charge is -2.32. The van der Waals surface area contributed by atoms with Crippen LogP contribution in [0.1, 0.15) is 33.7 Å². The summed E-state index contributed by atoms with van der Waals surface area (Å²) in [6, 6.07) is 5.80. The van der Waals surface area contributed by atoms with Crippen LogP contribution in [-0.4, -0.2) is 48.8 Å². The third-order valence-corrected chi connectivity index (χ3v) is 4.66. The molecule has 9 nitrogen and oxygen atoms in total. The van der Waals surface area contributed by atoms with E-state index < -0.39 is 29.2 Å². The number of rotatable bonds is 4. The average molecular weight is 411 g/mol. The molecule has 3 rings (SSSR count). The molecule has 1 aromatic heterocycles. The third kappa shape index (κ3) is 3.35. The van der Waals surface area contributed by atoms with Gasteiger partial charge in [0.25, 0.3) is 11.6 Å². The highest BCUT2D eigenvalue weighted by Gasteiger charge is 2.61. The number of hydrogen-bond donors (Lipinski definition) is 1. The molecule has 0 radical (unpaired) electrons. The fourth-order valence-corrected chi connectivity index (χ4v) is 3.14. The number of nitrogens with zero attached hydrogens (tertiary/aromatic N) is 5. The van der Waals surface area contributed by atoms with E-state index in [1.165, 1.54) is 36.7 Å². The predicted molar refractivity (Wildman–Crippen MR) is 94.2 cm³/mol. The fraction of sp³-hybridized carbons (Fsp3) is 0.353. The van der Waals surface area contributed by atoms with Gasteiger partial charge in [-0.05, 0) is 25.5 Å². The minimum absolute atomic E-state index is 0.00940. The van der Waals surface area contributed by atoms with Crippen molar-refractivity contribution in [3.63, 3.8) is 0 Å². The van der Waals surface area contributed by atoms with Crippen LogP contribution in [0.15, 0.2) is 29.4 Å². The molecule has 2 heterocycles. The van der Waals surface area contributed by atoms with Gasteiger partial charge in [-0.1, -0.05) is 18.2 Å². The summed E-state index contributed by atoms with van der Waals surface area (Å²) in [6.07, 6.45) is -5.17. The van der Waals surface area contributed by atoms with Crippen molar-refractivity contribution in [2.75, 3.05) is 0 Å². The lowest BCUT2D eigenvalue weighted by Crippen LogP contribution is -2.56.